The number of unbranched alkanes of at least 4 members (excludes halogenated alkanes) is 1. The fourth-order valence-electron chi connectivity index (χ4n) is 3.05. The molecule has 0 radical (unpaired) electrons. The average Bonchev–Trinajstić information content (AvgIpc) is 2.84. The normalized spacial score (nSPS) is 12.2. The van der Waals surface area contributed by atoms with Gasteiger partial charge in [-0.2, -0.15) is 4.39 Å². The van der Waals surface area contributed by atoms with Crippen molar-refractivity contribution in [3.8, 4) is 0 Å². The highest BCUT2D eigenvalue weighted by atomic mass is 19.1. The molecule has 1 heterocycles. The van der Waals surface area contributed by atoms with Gasteiger partial charge < -0.3 is 5.32 Å². The quantitative estimate of drug-likeness (QED) is 0.141. The molecule has 1 aromatic heterocycles. The van der Waals surface area contributed by atoms with Gasteiger partial charge >= 0.3 is 0 Å². The third-order valence-corrected chi connectivity index (χ3v) is 4.91. The molecule has 4 nitrogen and oxygen atoms in total. The van der Waals surface area contributed by atoms with Gasteiger partial charge in [-0.15, -0.1) is 0 Å². The van der Waals surface area contributed by atoms with Crippen LogP contribution in [0.1, 0.15) is 81.5 Å². The van der Waals surface area contributed by atoms with E-state index in [2.05, 4.69) is 78.0 Å². The molecular formula is C29H39FN2O2. The Kier molecular flexibility index (Phi) is 17.5. The molecule has 0 saturated heterocycles. The lowest BCUT2D eigenvalue weighted by atomic mass is 10.1. The number of amides is 1. The molecule has 0 fully saturated rings. The predicted octanol–water partition coefficient (Wildman–Crippen LogP) is 7.22. The number of halogens is 1. The van der Waals surface area contributed by atoms with Crippen molar-refractivity contribution in [3.05, 3.63) is 90.6 Å². The van der Waals surface area contributed by atoms with Gasteiger partial charge in [0, 0.05) is 25.6 Å². The van der Waals surface area contributed by atoms with Gasteiger partial charge in [-0.1, -0.05) is 67.7 Å². The Labute approximate surface area is 204 Å². The van der Waals surface area contributed by atoms with Gasteiger partial charge in [-0.05, 0) is 63.5 Å². The van der Waals surface area contributed by atoms with Gasteiger partial charge in [0.15, 0.2) is 0 Å². The zero-order valence-electron chi connectivity index (χ0n) is 20.4. The van der Waals surface area contributed by atoms with E-state index in [0.29, 0.717) is 25.8 Å². The second-order valence-electron chi connectivity index (χ2n) is 7.84. The summed E-state index contributed by atoms with van der Waals surface area (Å²) >= 11 is 0. The zero-order chi connectivity index (χ0) is 24.7. The highest BCUT2D eigenvalue weighted by molar-refractivity contribution is 5.94. The average molecular weight is 467 g/mol. The van der Waals surface area contributed by atoms with Crippen molar-refractivity contribution >= 4 is 11.7 Å². The van der Waals surface area contributed by atoms with E-state index in [4.69, 9.17) is 0 Å². The van der Waals surface area contributed by atoms with Crippen molar-refractivity contribution < 1.29 is 14.0 Å². The minimum absolute atomic E-state index is 0.0779. The molecule has 0 unspecified atom stereocenters. The predicted molar refractivity (Wildman–Crippen MR) is 139 cm³/mol. The summed E-state index contributed by atoms with van der Waals surface area (Å²) in [6.45, 7) is 2.48. The second-order valence-corrected chi connectivity index (χ2v) is 7.84. The molecule has 1 N–H and O–H groups in total. The topological polar surface area (TPSA) is 59.1 Å². The van der Waals surface area contributed by atoms with Gasteiger partial charge in [0.05, 0.1) is 5.56 Å². The molecule has 0 spiro atoms. The van der Waals surface area contributed by atoms with Crippen LogP contribution >= 0.6 is 0 Å². The lowest BCUT2D eigenvalue weighted by Crippen LogP contribution is -2.26. The summed E-state index contributed by atoms with van der Waals surface area (Å²) < 4.78 is 13.4. The molecule has 184 valence electrons. The molecule has 5 heteroatoms. The number of ketones is 1. The highest BCUT2D eigenvalue weighted by Gasteiger charge is 2.11. The standard InChI is InChI=1S/C29H39FN2O2/c1-2-3-4-5-6-7-8-9-10-11-12-13-14-15-16-17-18-21-26(33)22-19-25-32-29(34)27-23-20-24-31-28(27)30/h3-4,6-7,9-10,12-13,15-16,20,23-24H,2,5,8,11,14,17-19,21-22,25H2,1H3,(H,32,34)/b4-3-,7-6-,10-9-,13-12-,16-15-. The van der Waals surface area contributed by atoms with Gasteiger partial charge in [0.25, 0.3) is 5.91 Å². The summed E-state index contributed by atoms with van der Waals surface area (Å²) in [5, 5.41) is 2.62. The third kappa shape index (κ3) is 15.7. The number of nitrogens with zero attached hydrogens (tertiary/aromatic N) is 1. The number of aromatic nitrogens is 1. The summed E-state index contributed by atoms with van der Waals surface area (Å²) in [4.78, 5) is 27.3. The van der Waals surface area contributed by atoms with Crippen LogP contribution in [0.3, 0.4) is 0 Å². The lowest BCUT2D eigenvalue weighted by Gasteiger charge is -2.05. The molecule has 0 aliphatic carbocycles. The van der Waals surface area contributed by atoms with Gasteiger partial charge in [0.1, 0.15) is 5.78 Å². The molecule has 0 saturated carbocycles. The van der Waals surface area contributed by atoms with E-state index >= 15 is 0 Å². The summed E-state index contributed by atoms with van der Waals surface area (Å²) in [5.41, 5.74) is -0.0779. The Hall–Kier alpha value is -3.08. The fourth-order valence-corrected chi connectivity index (χ4v) is 3.05. The van der Waals surface area contributed by atoms with Gasteiger partial charge in [0.2, 0.25) is 5.95 Å². The van der Waals surface area contributed by atoms with E-state index in [0.717, 1.165) is 44.9 Å². The van der Waals surface area contributed by atoms with E-state index < -0.39 is 11.9 Å². The number of Topliss-reactive ketones (excluding diaryl/α,β-unsaturated/α-hetero) is 1. The van der Waals surface area contributed by atoms with Crippen molar-refractivity contribution in [3.63, 3.8) is 0 Å². The Morgan fingerprint density at radius 1 is 0.853 bits per heavy atom. The molecule has 0 atom stereocenters. The monoisotopic (exact) mass is 466 g/mol. The van der Waals surface area contributed by atoms with Crippen LogP contribution in [0.4, 0.5) is 4.39 Å². The number of hydrogen-bond acceptors (Lipinski definition) is 3. The lowest BCUT2D eigenvalue weighted by molar-refractivity contribution is -0.119. The minimum atomic E-state index is -0.786. The van der Waals surface area contributed by atoms with Gasteiger partial charge in [-0.25, -0.2) is 4.98 Å². The van der Waals surface area contributed by atoms with E-state index in [9.17, 15) is 14.0 Å². The first-order valence-electron chi connectivity index (χ1n) is 12.3. The number of carbonyl (C=O) groups excluding carboxylic acids is 2. The summed E-state index contributed by atoms with van der Waals surface area (Å²) in [5.74, 6) is -1.10. The first-order valence-corrected chi connectivity index (χ1v) is 12.3. The van der Waals surface area contributed by atoms with Crippen molar-refractivity contribution in [2.24, 2.45) is 0 Å². The number of nitrogens with one attached hydrogen (secondary N) is 1. The largest absolute Gasteiger partial charge is 0.352 e. The van der Waals surface area contributed by atoms with Crippen LogP contribution < -0.4 is 5.32 Å². The Morgan fingerprint density at radius 3 is 2.00 bits per heavy atom. The van der Waals surface area contributed by atoms with Crippen LogP contribution in [0.15, 0.2) is 79.1 Å². The summed E-state index contributed by atoms with van der Waals surface area (Å²) in [6, 6.07) is 2.90. The van der Waals surface area contributed by atoms with Crippen LogP contribution in [0.5, 0.6) is 0 Å². The van der Waals surface area contributed by atoms with E-state index in [1.54, 1.807) is 0 Å². The Balaban J connectivity index is 1.98. The Morgan fingerprint density at radius 2 is 1.41 bits per heavy atom. The minimum Gasteiger partial charge on any atom is -0.352 e. The van der Waals surface area contributed by atoms with Crippen LogP contribution in [-0.2, 0) is 4.79 Å². The van der Waals surface area contributed by atoms with Crippen LogP contribution in [-0.4, -0.2) is 23.2 Å². The number of carbonyl (C=O) groups is 2. The first kappa shape index (κ1) is 29.0. The number of hydrogen-bond donors (Lipinski definition) is 1. The molecule has 0 aliphatic heterocycles. The molecular weight excluding hydrogens is 427 g/mol. The fraction of sp³-hybridized carbons (Fsp3) is 0.414. The van der Waals surface area contributed by atoms with E-state index in [-0.39, 0.29) is 11.3 Å². The number of pyridine rings is 1. The van der Waals surface area contributed by atoms with Gasteiger partial charge in [-0.3, -0.25) is 9.59 Å². The number of allylic oxidation sites excluding steroid dienone is 10. The Bertz CT molecular complexity index is 853. The first-order chi connectivity index (χ1) is 16.6. The van der Waals surface area contributed by atoms with Crippen LogP contribution in [0, 0.1) is 5.95 Å². The molecule has 0 bridgehead atoms. The molecule has 1 rings (SSSR count). The maximum atomic E-state index is 13.4. The van der Waals surface area contributed by atoms with Crippen LogP contribution in [0.25, 0.3) is 0 Å². The molecule has 0 aromatic carbocycles. The third-order valence-electron chi connectivity index (χ3n) is 4.91. The van der Waals surface area contributed by atoms with Crippen molar-refractivity contribution in [2.75, 3.05) is 6.54 Å². The molecule has 1 amide bonds. The molecule has 1 aromatic rings. The van der Waals surface area contributed by atoms with Crippen LogP contribution in [0.2, 0.25) is 0 Å². The maximum absolute atomic E-state index is 13.4. The van der Waals surface area contributed by atoms with Crippen molar-refractivity contribution in [1.82, 2.24) is 10.3 Å². The van der Waals surface area contributed by atoms with E-state index in [1.807, 2.05) is 0 Å². The zero-order valence-corrected chi connectivity index (χ0v) is 20.4. The maximum Gasteiger partial charge on any atom is 0.255 e. The smallest absolute Gasteiger partial charge is 0.255 e. The summed E-state index contributed by atoms with van der Waals surface area (Å²) in [7, 11) is 0. The molecule has 0 aliphatic rings. The second kappa shape index (κ2) is 20.5. The van der Waals surface area contributed by atoms with Crippen molar-refractivity contribution in [2.45, 2.75) is 71.1 Å². The molecule has 34 heavy (non-hydrogen) atoms. The van der Waals surface area contributed by atoms with Crippen molar-refractivity contribution in [1.29, 1.82) is 0 Å². The summed E-state index contributed by atoms with van der Waals surface area (Å²) in [6.07, 6.45) is 31.2. The SMILES string of the molecule is CC/C=C\C/C=C\C/C=C\C/C=C\C/C=C\CCCC(=O)CCCNC(=O)c1cccnc1F. The highest BCUT2D eigenvalue weighted by Crippen LogP contribution is 2.05. The van der Waals surface area contributed by atoms with E-state index in [1.165, 1.54) is 18.3 Å². The number of rotatable bonds is 18.